The van der Waals surface area contributed by atoms with Crippen LogP contribution in [0.3, 0.4) is 0 Å². The van der Waals surface area contributed by atoms with E-state index < -0.39 is 0 Å². The van der Waals surface area contributed by atoms with E-state index in [0.717, 1.165) is 49.3 Å². The van der Waals surface area contributed by atoms with Gasteiger partial charge in [-0.25, -0.2) is 0 Å². The molecule has 23 heavy (non-hydrogen) atoms. The first-order valence-electron chi connectivity index (χ1n) is 8.48. The lowest BCUT2D eigenvalue weighted by Crippen LogP contribution is -2.48. The zero-order valence-electron chi connectivity index (χ0n) is 14.6. The van der Waals surface area contributed by atoms with E-state index >= 15 is 0 Å². The third kappa shape index (κ3) is 3.00. The van der Waals surface area contributed by atoms with Crippen LogP contribution in [0.4, 0.5) is 0 Å². The van der Waals surface area contributed by atoms with Gasteiger partial charge in [0.05, 0.1) is 12.7 Å². The highest BCUT2D eigenvalue weighted by molar-refractivity contribution is 5.92. The van der Waals surface area contributed by atoms with E-state index in [-0.39, 0.29) is 5.91 Å². The lowest BCUT2D eigenvalue weighted by atomic mass is 9.98. The minimum Gasteiger partial charge on any atom is -0.464 e. The van der Waals surface area contributed by atoms with Crippen LogP contribution < -0.4 is 0 Å². The quantitative estimate of drug-likeness (QED) is 0.873. The summed E-state index contributed by atoms with van der Waals surface area (Å²) in [5.74, 6) is 0.209. The van der Waals surface area contributed by atoms with Gasteiger partial charge in [-0.2, -0.15) is 0 Å². The van der Waals surface area contributed by atoms with Gasteiger partial charge in [0.25, 0.3) is 0 Å². The molecular weight excluding hydrogens is 288 g/mol. The fourth-order valence-electron chi connectivity index (χ4n) is 3.50. The molecule has 1 aliphatic heterocycles. The number of benzene rings is 1. The molecule has 1 amide bonds. The van der Waals surface area contributed by atoms with Crippen molar-refractivity contribution in [1.29, 1.82) is 0 Å². The second kappa shape index (κ2) is 6.36. The zero-order chi connectivity index (χ0) is 16.6. The van der Waals surface area contributed by atoms with Crippen molar-refractivity contribution in [3.05, 3.63) is 34.6 Å². The first-order chi connectivity index (χ1) is 11.0. The van der Waals surface area contributed by atoms with Gasteiger partial charge < -0.3 is 14.2 Å². The minimum absolute atomic E-state index is 0.209. The van der Waals surface area contributed by atoms with E-state index in [9.17, 15) is 4.79 Å². The second-order valence-corrected chi connectivity index (χ2v) is 6.59. The number of amides is 1. The average Bonchev–Trinajstić information content (AvgIpc) is 2.97. The third-order valence-corrected chi connectivity index (χ3v) is 5.14. The normalized spacial score (nSPS) is 16.3. The zero-order valence-corrected chi connectivity index (χ0v) is 14.6. The van der Waals surface area contributed by atoms with Crippen LogP contribution in [0, 0.1) is 20.8 Å². The van der Waals surface area contributed by atoms with Crippen LogP contribution in [0.1, 0.15) is 29.2 Å². The van der Waals surface area contributed by atoms with Crippen molar-refractivity contribution < 1.29 is 9.21 Å². The fourth-order valence-corrected chi connectivity index (χ4v) is 3.50. The number of carbonyl (C=O) groups is 1. The molecule has 0 N–H and O–H groups in total. The predicted molar refractivity (Wildman–Crippen MR) is 92.8 cm³/mol. The molecule has 0 unspecified atom stereocenters. The molecule has 124 valence electrons. The van der Waals surface area contributed by atoms with Crippen LogP contribution in [-0.2, 0) is 11.2 Å². The van der Waals surface area contributed by atoms with Gasteiger partial charge in [-0.1, -0.05) is 13.0 Å². The maximum Gasteiger partial charge on any atom is 0.227 e. The van der Waals surface area contributed by atoms with Crippen LogP contribution in [0.25, 0.3) is 11.0 Å². The van der Waals surface area contributed by atoms with Gasteiger partial charge in [0.15, 0.2) is 0 Å². The Balaban J connectivity index is 1.80. The van der Waals surface area contributed by atoms with Gasteiger partial charge in [-0.05, 0) is 44.0 Å². The van der Waals surface area contributed by atoms with Crippen molar-refractivity contribution in [3.8, 4) is 0 Å². The molecule has 4 heteroatoms. The largest absolute Gasteiger partial charge is 0.464 e. The number of hydrogen-bond acceptors (Lipinski definition) is 3. The number of carbonyl (C=O) groups excluding carboxylic acids is 1. The highest BCUT2D eigenvalue weighted by Crippen LogP contribution is 2.30. The first kappa shape index (κ1) is 16.1. The molecule has 2 aromatic rings. The van der Waals surface area contributed by atoms with E-state index in [1.54, 1.807) is 6.26 Å². The third-order valence-electron chi connectivity index (χ3n) is 5.14. The first-order valence-corrected chi connectivity index (χ1v) is 8.48. The summed E-state index contributed by atoms with van der Waals surface area (Å²) in [7, 11) is 0. The summed E-state index contributed by atoms with van der Waals surface area (Å²) < 4.78 is 5.79. The standard InChI is InChI=1S/C19H26N2O2/c1-5-20-6-8-21(9-7-20)17(22)11-16-12-23-19-15(4)13(2)10-14(3)18(16)19/h10,12H,5-9,11H2,1-4H3. The van der Waals surface area contributed by atoms with E-state index in [0.29, 0.717) is 6.42 Å². The van der Waals surface area contributed by atoms with Crippen molar-refractivity contribution in [2.45, 2.75) is 34.1 Å². The smallest absolute Gasteiger partial charge is 0.227 e. The molecule has 1 aliphatic rings. The number of piperazine rings is 1. The maximum atomic E-state index is 12.6. The Morgan fingerprint density at radius 2 is 1.83 bits per heavy atom. The number of nitrogens with zero attached hydrogens (tertiary/aromatic N) is 2. The summed E-state index contributed by atoms with van der Waals surface area (Å²) >= 11 is 0. The molecule has 0 aliphatic carbocycles. The van der Waals surface area contributed by atoms with Gasteiger partial charge in [0.2, 0.25) is 5.91 Å². The molecule has 0 radical (unpaired) electrons. The predicted octanol–water partition coefficient (Wildman–Crippen LogP) is 3.06. The molecule has 0 saturated carbocycles. The summed E-state index contributed by atoms with van der Waals surface area (Å²) in [5.41, 5.74) is 5.54. The molecule has 0 atom stereocenters. The van der Waals surface area contributed by atoms with Crippen LogP contribution in [-0.4, -0.2) is 48.4 Å². The number of likely N-dealkylation sites (N-methyl/N-ethyl adjacent to an activating group) is 1. The maximum absolute atomic E-state index is 12.6. The lowest BCUT2D eigenvalue weighted by Gasteiger charge is -2.34. The summed E-state index contributed by atoms with van der Waals surface area (Å²) in [5, 5.41) is 1.12. The number of hydrogen-bond donors (Lipinski definition) is 0. The lowest BCUT2D eigenvalue weighted by molar-refractivity contribution is -0.132. The van der Waals surface area contributed by atoms with Crippen LogP contribution in [0.15, 0.2) is 16.7 Å². The summed E-state index contributed by atoms with van der Waals surface area (Å²) in [4.78, 5) is 17.0. The molecule has 1 saturated heterocycles. The van der Waals surface area contributed by atoms with Crippen molar-refractivity contribution >= 4 is 16.9 Å². The summed E-state index contributed by atoms with van der Waals surface area (Å²) in [6.45, 7) is 13.1. The Bertz CT molecular complexity index is 725. The van der Waals surface area contributed by atoms with Crippen molar-refractivity contribution in [3.63, 3.8) is 0 Å². The Hall–Kier alpha value is -1.81. The molecule has 1 fully saturated rings. The van der Waals surface area contributed by atoms with Crippen molar-refractivity contribution in [1.82, 2.24) is 9.80 Å². The number of furan rings is 1. The highest BCUT2D eigenvalue weighted by Gasteiger charge is 2.22. The summed E-state index contributed by atoms with van der Waals surface area (Å²) in [6, 6.07) is 2.18. The molecule has 1 aromatic heterocycles. The number of aryl methyl sites for hydroxylation is 3. The average molecular weight is 314 g/mol. The SMILES string of the molecule is CCN1CCN(C(=O)Cc2coc3c(C)c(C)cc(C)c23)CC1. The minimum atomic E-state index is 0.209. The van der Waals surface area contributed by atoms with E-state index in [1.165, 1.54) is 16.7 Å². The molecule has 2 heterocycles. The Morgan fingerprint density at radius 1 is 1.13 bits per heavy atom. The topological polar surface area (TPSA) is 36.7 Å². The van der Waals surface area contributed by atoms with E-state index in [4.69, 9.17) is 4.42 Å². The van der Waals surface area contributed by atoms with Gasteiger partial charge in [0.1, 0.15) is 5.58 Å². The Kier molecular flexibility index (Phi) is 4.44. The molecule has 1 aromatic carbocycles. The fraction of sp³-hybridized carbons (Fsp3) is 0.526. The van der Waals surface area contributed by atoms with Gasteiger partial charge >= 0.3 is 0 Å². The van der Waals surface area contributed by atoms with Crippen LogP contribution in [0.2, 0.25) is 0 Å². The number of rotatable bonds is 3. The Morgan fingerprint density at radius 3 is 2.48 bits per heavy atom. The molecular formula is C19H26N2O2. The second-order valence-electron chi connectivity index (χ2n) is 6.59. The summed E-state index contributed by atoms with van der Waals surface area (Å²) in [6.07, 6.45) is 2.20. The molecule has 0 bridgehead atoms. The molecule has 4 nitrogen and oxygen atoms in total. The van der Waals surface area contributed by atoms with E-state index in [1.807, 2.05) is 4.90 Å². The molecule has 3 rings (SSSR count). The highest BCUT2D eigenvalue weighted by atomic mass is 16.3. The van der Waals surface area contributed by atoms with Crippen LogP contribution in [0.5, 0.6) is 0 Å². The number of fused-ring (bicyclic) bond motifs is 1. The van der Waals surface area contributed by atoms with Crippen molar-refractivity contribution in [2.75, 3.05) is 32.7 Å². The monoisotopic (exact) mass is 314 g/mol. The van der Waals surface area contributed by atoms with Gasteiger partial charge in [-0.3, -0.25) is 4.79 Å². The van der Waals surface area contributed by atoms with E-state index in [2.05, 4.69) is 38.7 Å². The molecule has 0 spiro atoms. The van der Waals surface area contributed by atoms with Crippen molar-refractivity contribution in [2.24, 2.45) is 0 Å². The van der Waals surface area contributed by atoms with Crippen LogP contribution >= 0.6 is 0 Å². The Labute approximate surface area is 138 Å². The van der Waals surface area contributed by atoms with Gasteiger partial charge in [0, 0.05) is 37.1 Å². The van der Waals surface area contributed by atoms with Gasteiger partial charge in [-0.15, -0.1) is 0 Å².